The second-order valence-corrected chi connectivity index (χ2v) is 6.52. The molecular weight excluding hydrogens is 208 g/mol. The number of carboxylic acids is 1. The molecule has 3 heteroatoms. The SMILES string of the molecule is CCCC1CC(SC(C)CC)(C(=O)O)C1. The van der Waals surface area contributed by atoms with Gasteiger partial charge in [0.25, 0.3) is 0 Å². The van der Waals surface area contributed by atoms with E-state index in [1.807, 2.05) is 0 Å². The highest BCUT2D eigenvalue weighted by Crippen LogP contribution is 2.51. The van der Waals surface area contributed by atoms with Gasteiger partial charge in [0.2, 0.25) is 0 Å². The van der Waals surface area contributed by atoms with Crippen LogP contribution in [0, 0.1) is 5.92 Å². The van der Waals surface area contributed by atoms with Crippen LogP contribution in [-0.2, 0) is 4.79 Å². The Kier molecular flexibility index (Phi) is 4.50. The maximum atomic E-state index is 11.3. The molecule has 0 aromatic rings. The van der Waals surface area contributed by atoms with Gasteiger partial charge in [0.15, 0.2) is 0 Å². The number of aliphatic carboxylic acids is 1. The highest BCUT2D eigenvalue weighted by molar-refractivity contribution is 8.02. The minimum Gasteiger partial charge on any atom is -0.480 e. The second-order valence-electron chi connectivity index (χ2n) is 4.70. The summed E-state index contributed by atoms with van der Waals surface area (Å²) in [6.07, 6.45) is 5.18. The lowest BCUT2D eigenvalue weighted by atomic mass is 9.72. The molecule has 1 rings (SSSR count). The van der Waals surface area contributed by atoms with E-state index in [0.717, 1.165) is 19.3 Å². The molecule has 1 atom stereocenters. The molecule has 15 heavy (non-hydrogen) atoms. The molecule has 0 aromatic heterocycles. The molecule has 1 aliphatic rings. The standard InChI is InChI=1S/C12H22O2S/c1-4-6-10-7-12(8-10,11(13)14)15-9(3)5-2/h9-10H,4-8H2,1-3H3,(H,13,14). The van der Waals surface area contributed by atoms with E-state index in [1.165, 1.54) is 12.8 Å². The predicted octanol–water partition coefficient (Wildman–Crippen LogP) is 3.55. The first-order valence-corrected chi connectivity index (χ1v) is 6.83. The first-order chi connectivity index (χ1) is 7.04. The van der Waals surface area contributed by atoms with Crippen molar-refractivity contribution in [2.45, 2.75) is 62.9 Å². The van der Waals surface area contributed by atoms with Crippen molar-refractivity contribution in [1.82, 2.24) is 0 Å². The summed E-state index contributed by atoms with van der Waals surface area (Å²) in [5.74, 6) is 0.0582. The molecule has 0 aromatic carbocycles. The fraction of sp³-hybridized carbons (Fsp3) is 0.917. The van der Waals surface area contributed by atoms with E-state index >= 15 is 0 Å². The highest BCUT2D eigenvalue weighted by Gasteiger charge is 2.50. The summed E-state index contributed by atoms with van der Waals surface area (Å²) in [5.41, 5.74) is 0. The van der Waals surface area contributed by atoms with Crippen LogP contribution >= 0.6 is 11.8 Å². The quantitative estimate of drug-likeness (QED) is 0.758. The van der Waals surface area contributed by atoms with Gasteiger partial charge in [0, 0.05) is 5.25 Å². The van der Waals surface area contributed by atoms with E-state index in [0.29, 0.717) is 11.2 Å². The molecule has 1 unspecified atom stereocenters. The molecule has 1 aliphatic carbocycles. The van der Waals surface area contributed by atoms with Crippen LogP contribution in [0.2, 0.25) is 0 Å². The van der Waals surface area contributed by atoms with Crippen molar-refractivity contribution in [3.8, 4) is 0 Å². The van der Waals surface area contributed by atoms with E-state index in [9.17, 15) is 9.90 Å². The number of hydrogen-bond acceptors (Lipinski definition) is 2. The van der Waals surface area contributed by atoms with Crippen molar-refractivity contribution < 1.29 is 9.90 Å². The predicted molar refractivity (Wildman–Crippen MR) is 65.3 cm³/mol. The van der Waals surface area contributed by atoms with Gasteiger partial charge in [-0.25, -0.2) is 0 Å². The molecule has 1 N–H and O–H groups in total. The molecule has 0 saturated heterocycles. The highest BCUT2D eigenvalue weighted by atomic mass is 32.2. The van der Waals surface area contributed by atoms with E-state index in [-0.39, 0.29) is 0 Å². The maximum Gasteiger partial charge on any atom is 0.319 e. The Morgan fingerprint density at radius 3 is 2.53 bits per heavy atom. The summed E-state index contributed by atoms with van der Waals surface area (Å²) in [6.45, 7) is 6.42. The summed E-state index contributed by atoms with van der Waals surface area (Å²) in [6, 6.07) is 0. The average molecular weight is 230 g/mol. The minimum atomic E-state index is -0.597. The van der Waals surface area contributed by atoms with Crippen molar-refractivity contribution >= 4 is 17.7 Å². The van der Waals surface area contributed by atoms with Crippen molar-refractivity contribution in [3.05, 3.63) is 0 Å². The number of rotatable bonds is 6. The van der Waals surface area contributed by atoms with Crippen LogP contribution in [-0.4, -0.2) is 21.1 Å². The Morgan fingerprint density at radius 1 is 1.53 bits per heavy atom. The molecule has 0 radical (unpaired) electrons. The van der Waals surface area contributed by atoms with Gasteiger partial charge in [0.1, 0.15) is 4.75 Å². The maximum absolute atomic E-state index is 11.3. The van der Waals surface area contributed by atoms with Gasteiger partial charge >= 0.3 is 5.97 Å². The number of hydrogen-bond donors (Lipinski definition) is 1. The van der Waals surface area contributed by atoms with Gasteiger partial charge in [-0.3, -0.25) is 4.79 Å². The Bertz CT molecular complexity index is 222. The van der Waals surface area contributed by atoms with Crippen LogP contribution in [0.3, 0.4) is 0 Å². The zero-order chi connectivity index (χ0) is 11.5. The molecule has 1 fully saturated rings. The molecule has 1 saturated carbocycles. The van der Waals surface area contributed by atoms with Crippen molar-refractivity contribution in [3.63, 3.8) is 0 Å². The average Bonchev–Trinajstić information content (AvgIpc) is 2.13. The summed E-state index contributed by atoms with van der Waals surface area (Å²) in [4.78, 5) is 11.3. The fourth-order valence-corrected chi connectivity index (χ4v) is 3.98. The first kappa shape index (κ1) is 12.9. The van der Waals surface area contributed by atoms with Crippen LogP contribution in [0.5, 0.6) is 0 Å². The smallest absolute Gasteiger partial charge is 0.319 e. The van der Waals surface area contributed by atoms with Gasteiger partial charge in [-0.05, 0) is 25.2 Å². The third kappa shape index (κ3) is 2.90. The lowest BCUT2D eigenvalue weighted by Crippen LogP contribution is -2.48. The van der Waals surface area contributed by atoms with Crippen LogP contribution in [0.4, 0.5) is 0 Å². The Labute approximate surface area is 96.8 Å². The van der Waals surface area contributed by atoms with E-state index in [4.69, 9.17) is 0 Å². The van der Waals surface area contributed by atoms with Crippen LogP contribution in [0.1, 0.15) is 52.9 Å². The third-order valence-electron chi connectivity index (χ3n) is 3.33. The molecule has 0 amide bonds. The zero-order valence-corrected chi connectivity index (χ0v) is 10.8. The second kappa shape index (κ2) is 5.24. The van der Waals surface area contributed by atoms with Gasteiger partial charge in [-0.15, -0.1) is 11.8 Å². The number of carbonyl (C=O) groups is 1. The summed E-state index contributed by atoms with van der Waals surface area (Å²) in [7, 11) is 0. The molecular formula is C12H22O2S. The minimum absolute atomic E-state index is 0.449. The lowest BCUT2D eigenvalue weighted by molar-refractivity contribution is -0.143. The van der Waals surface area contributed by atoms with Gasteiger partial charge in [0.05, 0.1) is 0 Å². The third-order valence-corrected chi connectivity index (χ3v) is 5.02. The normalized spacial score (nSPS) is 32.1. The first-order valence-electron chi connectivity index (χ1n) is 5.95. The lowest BCUT2D eigenvalue weighted by Gasteiger charge is -2.45. The Balaban J connectivity index is 2.50. The molecule has 0 heterocycles. The van der Waals surface area contributed by atoms with Crippen LogP contribution < -0.4 is 0 Å². The summed E-state index contributed by atoms with van der Waals surface area (Å²) < 4.78 is -0.449. The van der Waals surface area contributed by atoms with Crippen molar-refractivity contribution in [1.29, 1.82) is 0 Å². The van der Waals surface area contributed by atoms with Gasteiger partial charge in [-0.2, -0.15) is 0 Å². The van der Waals surface area contributed by atoms with Crippen molar-refractivity contribution in [2.24, 2.45) is 5.92 Å². The van der Waals surface area contributed by atoms with E-state index < -0.39 is 10.7 Å². The molecule has 2 nitrogen and oxygen atoms in total. The molecule has 0 spiro atoms. The molecule has 88 valence electrons. The summed E-state index contributed by atoms with van der Waals surface area (Å²) >= 11 is 1.67. The topological polar surface area (TPSA) is 37.3 Å². The number of carboxylic acid groups (broad SMARTS) is 1. The monoisotopic (exact) mass is 230 g/mol. The molecule has 0 bridgehead atoms. The zero-order valence-electron chi connectivity index (χ0n) is 9.95. The molecule has 0 aliphatic heterocycles. The van der Waals surface area contributed by atoms with E-state index in [1.54, 1.807) is 11.8 Å². The van der Waals surface area contributed by atoms with Gasteiger partial charge < -0.3 is 5.11 Å². The fourth-order valence-electron chi connectivity index (χ4n) is 2.27. The Morgan fingerprint density at radius 2 is 2.13 bits per heavy atom. The Hall–Kier alpha value is -0.180. The van der Waals surface area contributed by atoms with E-state index in [2.05, 4.69) is 20.8 Å². The van der Waals surface area contributed by atoms with Crippen LogP contribution in [0.25, 0.3) is 0 Å². The largest absolute Gasteiger partial charge is 0.480 e. The summed E-state index contributed by atoms with van der Waals surface area (Å²) in [5, 5.41) is 9.76. The van der Waals surface area contributed by atoms with Crippen molar-refractivity contribution in [2.75, 3.05) is 0 Å². The van der Waals surface area contributed by atoms with Crippen LogP contribution in [0.15, 0.2) is 0 Å². The van der Waals surface area contributed by atoms with Gasteiger partial charge in [-0.1, -0.05) is 33.6 Å². The number of thioether (sulfide) groups is 1.